The number of hydrogen-bond donors (Lipinski definition) is 2. The lowest BCUT2D eigenvalue weighted by atomic mass is 10.1. The van der Waals surface area contributed by atoms with E-state index in [9.17, 15) is 9.59 Å². The van der Waals surface area contributed by atoms with E-state index in [1.807, 2.05) is 0 Å². The van der Waals surface area contributed by atoms with Gasteiger partial charge in [-0.25, -0.2) is 4.79 Å². The minimum atomic E-state index is -1.02. The third-order valence-electron chi connectivity index (χ3n) is 2.90. The number of nitrogens with two attached hydrogens (primary N) is 1. The van der Waals surface area contributed by atoms with Crippen LogP contribution in [0.1, 0.15) is 12.8 Å². The summed E-state index contributed by atoms with van der Waals surface area (Å²) in [6.07, 6.45) is 1.94. The van der Waals surface area contributed by atoms with Crippen molar-refractivity contribution >= 4 is 11.9 Å². The van der Waals surface area contributed by atoms with Crippen LogP contribution in [-0.4, -0.2) is 53.7 Å². The Bertz CT molecular complexity index is 319. The average molecular weight is 242 g/mol. The fourth-order valence-electron chi connectivity index (χ4n) is 1.94. The Hall–Kier alpha value is -1.40. The molecule has 1 fully saturated rings. The smallest absolute Gasteiger partial charge is 0.326 e. The Labute approximate surface area is 100 Å². The molecule has 1 heterocycles. The fraction of sp³-hybridized carbons (Fsp3) is 0.636. The van der Waals surface area contributed by atoms with E-state index in [1.165, 1.54) is 12.0 Å². The van der Waals surface area contributed by atoms with Gasteiger partial charge in [-0.15, -0.1) is 6.58 Å². The number of carboxylic acids is 1. The molecule has 3 N–H and O–H groups in total. The zero-order valence-corrected chi connectivity index (χ0v) is 9.83. The van der Waals surface area contributed by atoms with Crippen molar-refractivity contribution < 1.29 is 19.4 Å². The summed E-state index contributed by atoms with van der Waals surface area (Å²) in [7, 11) is 1.50. The molecule has 0 radical (unpaired) electrons. The summed E-state index contributed by atoms with van der Waals surface area (Å²) in [4.78, 5) is 24.3. The Morgan fingerprint density at radius 1 is 1.71 bits per heavy atom. The van der Waals surface area contributed by atoms with Crippen LogP contribution in [0.25, 0.3) is 0 Å². The van der Waals surface area contributed by atoms with Gasteiger partial charge in [-0.3, -0.25) is 4.79 Å². The molecule has 0 aromatic carbocycles. The van der Waals surface area contributed by atoms with Crippen LogP contribution in [0.4, 0.5) is 0 Å². The monoisotopic (exact) mass is 242 g/mol. The minimum absolute atomic E-state index is 0.240. The maximum absolute atomic E-state index is 11.9. The van der Waals surface area contributed by atoms with E-state index in [1.54, 1.807) is 6.08 Å². The first-order chi connectivity index (χ1) is 8.01. The van der Waals surface area contributed by atoms with E-state index in [-0.39, 0.29) is 18.6 Å². The molecule has 6 nitrogen and oxygen atoms in total. The Balaban J connectivity index is 2.76. The lowest BCUT2D eigenvalue weighted by Crippen LogP contribution is -2.48. The Morgan fingerprint density at radius 2 is 2.35 bits per heavy atom. The van der Waals surface area contributed by atoms with E-state index in [0.717, 1.165) is 0 Å². The van der Waals surface area contributed by atoms with Crippen LogP contribution in [0.15, 0.2) is 12.7 Å². The van der Waals surface area contributed by atoms with Crippen molar-refractivity contribution in [1.29, 1.82) is 0 Å². The molecule has 96 valence electrons. The Morgan fingerprint density at radius 3 is 2.82 bits per heavy atom. The van der Waals surface area contributed by atoms with Gasteiger partial charge in [-0.05, 0) is 6.42 Å². The number of aliphatic carboxylic acids is 1. The van der Waals surface area contributed by atoms with Crippen LogP contribution in [-0.2, 0) is 14.3 Å². The van der Waals surface area contributed by atoms with E-state index in [4.69, 9.17) is 15.6 Å². The van der Waals surface area contributed by atoms with Gasteiger partial charge >= 0.3 is 5.97 Å². The number of carbonyl (C=O) groups is 2. The highest BCUT2D eigenvalue weighted by molar-refractivity contribution is 5.87. The third-order valence-corrected chi connectivity index (χ3v) is 2.90. The van der Waals surface area contributed by atoms with E-state index in [0.29, 0.717) is 12.8 Å². The largest absolute Gasteiger partial charge is 0.480 e. The zero-order valence-electron chi connectivity index (χ0n) is 9.83. The SMILES string of the molecule is C=CCC(N)C(=O)N1CC(OC)CC1C(=O)O. The number of nitrogens with zero attached hydrogens (tertiary/aromatic N) is 1. The van der Waals surface area contributed by atoms with Crippen molar-refractivity contribution in [3.05, 3.63) is 12.7 Å². The summed E-state index contributed by atoms with van der Waals surface area (Å²) in [5, 5.41) is 9.05. The van der Waals surface area contributed by atoms with Gasteiger partial charge in [0, 0.05) is 20.1 Å². The molecular weight excluding hydrogens is 224 g/mol. The van der Waals surface area contributed by atoms with Crippen molar-refractivity contribution in [3.8, 4) is 0 Å². The molecule has 0 bridgehead atoms. The van der Waals surface area contributed by atoms with Gasteiger partial charge in [0.15, 0.2) is 0 Å². The van der Waals surface area contributed by atoms with Crippen molar-refractivity contribution in [1.82, 2.24) is 4.90 Å². The molecule has 0 aromatic rings. The normalized spacial score (nSPS) is 25.6. The van der Waals surface area contributed by atoms with Gasteiger partial charge in [-0.1, -0.05) is 6.08 Å². The summed E-state index contributed by atoms with van der Waals surface area (Å²) >= 11 is 0. The molecule has 0 aliphatic carbocycles. The Kier molecular flexibility index (Phi) is 4.65. The minimum Gasteiger partial charge on any atom is -0.480 e. The maximum Gasteiger partial charge on any atom is 0.326 e. The molecule has 6 heteroatoms. The molecule has 1 aliphatic rings. The van der Waals surface area contributed by atoms with Gasteiger partial charge in [-0.2, -0.15) is 0 Å². The summed E-state index contributed by atoms with van der Waals surface area (Å²) in [6.45, 7) is 3.78. The fourth-order valence-corrected chi connectivity index (χ4v) is 1.94. The molecule has 3 unspecified atom stereocenters. The molecule has 3 atom stereocenters. The zero-order chi connectivity index (χ0) is 13.0. The molecule has 1 amide bonds. The molecule has 17 heavy (non-hydrogen) atoms. The van der Waals surface area contributed by atoms with Crippen LogP contribution in [0.3, 0.4) is 0 Å². The summed E-state index contributed by atoms with van der Waals surface area (Å²) in [6, 6.07) is -1.58. The van der Waals surface area contributed by atoms with Crippen LogP contribution in [0.5, 0.6) is 0 Å². The first-order valence-electron chi connectivity index (χ1n) is 5.43. The molecular formula is C11H18N2O4. The van der Waals surface area contributed by atoms with Crippen molar-refractivity contribution in [2.75, 3.05) is 13.7 Å². The summed E-state index contributed by atoms with van der Waals surface area (Å²) in [5.41, 5.74) is 5.66. The van der Waals surface area contributed by atoms with Crippen LogP contribution < -0.4 is 5.73 Å². The summed E-state index contributed by atoms with van der Waals surface area (Å²) in [5.74, 6) is -1.39. The third kappa shape index (κ3) is 3.04. The van der Waals surface area contributed by atoms with Crippen LogP contribution in [0, 0.1) is 0 Å². The lowest BCUT2D eigenvalue weighted by molar-refractivity contribution is -0.148. The van der Waals surface area contributed by atoms with Gasteiger partial charge in [0.1, 0.15) is 6.04 Å². The van der Waals surface area contributed by atoms with Crippen LogP contribution >= 0.6 is 0 Å². The van der Waals surface area contributed by atoms with E-state index in [2.05, 4.69) is 6.58 Å². The first-order valence-corrected chi connectivity index (χ1v) is 5.43. The van der Waals surface area contributed by atoms with E-state index >= 15 is 0 Å². The number of hydrogen-bond acceptors (Lipinski definition) is 4. The predicted molar refractivity (Wildman–Crippen MR) is 61.3 cm³/mol. The van der Waals surface area contributed by atoms with Crippen molar-refractivity contribution in [3.63, 3.8) is 0 Å². The highest BCUT2D eigenvalue weighted by Crippen LogP contribution is 2.21. The van der Waals surface area contributed by atoms with Crippen molar-refractivity contribution in [2.45, 2.75) is 31.0 Å². The standard InChI is InChI=1S/C11H18N2O4/c1-3-4-8(12)10(14)13-6-7(17-2)5-9(13)11(15)16/h3,7-9H,1,4-6,12H2,2H3,(H,15,16). The van der Waals surface area contributed by atoms with Crippen molar-refractivity contribution in [2.24, 2.45) is 5.73 Å². The quantitative estimate of drug-likeness (QED) is 0.639. The number of amides is 1. The maximum atomic E-state index is 11.9. The molecule has 0 aromatic heterocycles. The van der Waals surface area contributed by atoms with Gasteiger partial charge in [0.05, 0.1) is 12.1 Å². The first kappa shape index (κ1) is 13.7. The average Bonchev–Trinajstić information content (AvgIpc) is 2.72. The lowest BCUT2D eigenvalue weighted by Gasteiger charge is -2.24. The number of ether oxygens (including phenoxy) is 1. The number of methoxy groups -OCH3 is 1. The van der Waals surface area contributed by atoms with E-state index < -0.39 is 18.1 Å². The second-order valence-corrected chi connectivity index (χ2v) is 4.07. The number of likely N-dealkylation sites (tertiary alicyclic amines) is 1. The molecule has 0 spiro atoms. The second-order valence-electron chi connectivity index (χ2n) is 4.07. The molecule has 1 rings (SSSR count). The number of rotatable bonds is 5. The molecule has 0 saturated carbocycles. The summed E-state index contributed by atoms with van der Waals surface area (Å²) < 4.78 is 5.09. The van der Waals surface area contributed by atoms with Gasteiger partial charge in [0.25, 0.3) is 0 Å². The predicted octanol–water partition coefficient (Wildman–Crippen LogP) is -0.410. The van der Waals surface area contributed by atoms with Gasteiger partial charge in [0.2, 0.25) is 5.91 Å². The van der Waals surface area contributed by atoms with Gasteiger partial charge < -0.3 is 20.5 Å². The topological polar surface area (TPSA) is 92.9 Å². The highest BCUT2D eigenvalue weighted by Gasteiger charge is 2.40. The number of carbonyl (C=O) groups excluding carboxylic acids is 1. The molecule has 1 aliphatic heterocycles. The number of carboxylic acid groups (broad SMARTS) is 1. The highest BCUT2D eigenvalue weighted by atomic mass is 16.5. The van der Waals surface area contributed by atoms with Crippen LogP contribution in [0.2, 0.25) is 0 Å². The molecule has 1 saturated heterocycles. The second kappa shape index (κ2) is 5.79.